The molecule has 0 saturated carbocycles. The fourth-order valence-electron chi connectivity index (χ4n) is 4.23. The van der Waals surface area contributed by atoms with Crippen LogP contribution in [0.25, 0.3) is 10.9 Å². The number of fused-ring (bicyclic) bond motifs is 1. The molecule has 162 valence electrons. The number of hydrogen-bond acceptors (Lipinski definition) is 5. The topological polar surface area (TPSA) is 76.5 Å². The molecule has 0 aliphatic carbocycles. The summed E-state index contributed by atoms with van der Waals surface area (Å²) in [4.78, 5) is 32.5. The molecule has 0 bridgehead atoms. The molecule has 0 radical (unpaired) electrons. The van der Waals surface area contributed by atoms with Crippen molar-refractivity contribution >= 4 is 22.5 Å². The standard InChI is InChI=1S/C24H28N4O3/c1-16-12-27(13-17(2)31-16)14-19-8-4-6-10-21(19)26-23(29)15-28-18(3)25-22-11-7-5-9-20(22)24(28)30/h4-11,16-17H,12-15H2,1-3H3,(H,26,29). The Bertz CT molecular complexity index is 1150. The van der Waals surface area contributed by atoms with E-state index in [9.17, 15) is 9.59 Å². The molecule has 1 amide bonds. The highest BCUT2D eigenvalue weighted by Gasteiger charge is 2.23. The third-order valence-corrected chi connectivity index (χ3v) is 5.53. The molecule has 2 atom stereocenters. The van der Waals surface area contributed by atoms with Crippen molar-refractivity contribution in [1.82, 2.24) is 14.5 Å². The summed E-state index contributed by atoms with van der Waals surface area (Å²) in [6.45, 7) is 8.25. The third-order valence-electron chi connectivity index (χ3n) is 5.53. The highest BCUT2D eigenvalue weighted by Crippen LogP contribution is 2.20. The molecule has 31 heavy (non-hydrogen) atoms. The number of ether oxygens (including phenoxy) is 1. The minimum absolute atomic E-state index is 0.0809. The number of aryl methyl sites for hydroxylation is 1. The Morgan fingerprint density at radius 3 is 2.55 bits per heavy atom. The van der Waals surface area contributed by atoms with Crippen molar-refractivity contribution in [2.24, 2.45) is 0 Å². The maximum atomic E-state index is 12.9. The first-order chi connectivity index (χ1) is 14.9. The highest BCUT2D eigenvalue weighted by molar-refractivity contribution is 5.91. The molecular weight excluding hydrogens is 392 g/mol. The second kappa shape index (κ2) is 8.99. The first-order valence-electron chi connectivity index (χ1n) is 10.6. The lowest BCUT2D eigenvalue weighted by Crippen LogP contribution is -2.44. The van der Waals surface area contributed by atoms with E-state index >= 15 is 0 Å². The zero-order chi connectivity index (χ0) is 22.0. The zero-order valence-electron chi connectivity index (χ0n) is 18.2. The van der Waals surface area contributed by atoms with Crippen LogP contribution in [0.15, 0.2) is 53.3 Å². The first kappa shape index (κ1) is 21.2. The molecule has 1 N–H and O–H groups in total. The lowest BCUT2D eigenvalue weighted by molar-refractivity contribution is -0.116. The smallest absolute Gasteiger partial charge is 0.261 e. The molecule has 1 aliphatic rings. The number of rotatable bonds is 5. The Balaban J connectivity index is 1.51. The molecule has 2 heterocycles. The number of hydrogen-bond donors (Lipinski definition) is 1. The van der Waals surface area contributed by atoms with Gasteiger partial charge >= 0.3 is 0 Å². The van der Waals surface area contributed by atoms with Gasteiger partial charge in [0.1, 0.15) is 12.4 Å². The fourth-order valence-corrected chi connectivity index (χ4v) is 4.23. The van der Waals surface area contributed by atoms with Crippen LogP contribution in [0.3, 0.4) is 0 Å². The van der Waals surface area contributed by atoms with Crippen LogP contribution in [0.5, 0.6) is 0 Å². The molecule has 3 aromatic rings. The van der Waals surface area contributed by atoms with Crippen molar-refractivity contribution < 1.29 is 9.53 Å². The highest BCUT2D eigenvalue weighted by atomic mass is 16.5. The Labute approximate surface area is 181 Å². The molecule has 1 aromatic heterocycles. The lowest BCUT2D eigenvalue weighted by atomic mass is 10.1. The Kier molecular flexibility index (Phi) is 6.15. The number of morpholine rings is 1. The average molecular weight is 421 g/mol. The van der Waals surface area contributed by atoms with Crippen molar-refractivity contribution in [2.75, 3.05) is 18.4 Å². The van der Waals surface area contributed by atoms with E-state index in [2.05, 4.69) is 29.0 Å². The van der Waals surface area contributed by atoms with Crippen LogP contribution in [0.1, 0.15) is 25.2 Å². The van der Waals surface area contributed by atoms with E-state index in [1.54, 1.807) is 25.1 Å². The van der Waals surface area contributed by atoms with Gasteiger partial charge in [0.15, 0.2) is 0 Å². The van der Waals surface area contributed by atoms with Crippen molar-refractivity contribution in [3.05, 3.63) is 70.3 Å². The van der Waals surface area contributed by atoms with E-state index in [0.29, 0.717) is 16.7 Å². The van der Waals surface area contributed by atoms with Crippen LogP contribution in [0.2, 0.25) is 0 Å². The summed E-state index contributed by atoms with van der Waals surface area (Å²) in [5.41, 5.74) is 2.24. The maximum absolute atomic E-state index is 12.9. The van der Waals surface area contributed by atoms with Gasteiger partial charge in [0.2, 0.25) is 5.91 Å². The van der Waals surface area contributed by atoms with Crippen LogP contribution in [0, 0.1) is 6.92 Å². The largest absolute Gasteiger partial charge is 0.373 e. The van der Waals surface area contributed by atoms with E-state index < -0.39 is 0 Å². The molecule has 0 spiro atoms. The van der Waals surface area contributed by atoms with E-state index in [1.807, 2.05) is 30.3 Å². The molecule has 1 saturated heterocycles. The molecule has 2 unspecified atom stereocenters. The molecular formula is C24H28N4O3. The van der Waals surface area contributed by atoms with Crippen molar-refractivity contribution in [3.8, 4) is 0 Å². The number of carbonyl (C=O) groups is 1. The number of anilines is 1. The summed E-state index contributed by atoms with van der Waals surface area (Å²) in [7, 11) is 0. The second-order valence-corrected chi connectivity index (χ2v) is 8.22. The average Bonchev–Trinajstić information content (AvgIpc) is 2.72. The number of nitrogens with one attached hydrogen (secondary N) is 1. The molecule has 4 rings (SSSR count). The number of amides is 1. The van der Waals surface area contributed by atoms with Gasteiger partial charge in [-0.15, -0.1) is 0 Å². The predicted octanol–water partition coefficient (Wildman–Crippen LogP) is 2.95. The Morgan fingerprint density at radius 1 is 1.10 bits per heavy atom. The summed E-state index contributed by atoms with van der Waals surface area (Å²) in [5.74, 6) is 0.266. The summed E-state index contributed by atoms with van der Waals surface area (Å²) in [6, 6.07) is 15.0. The first-order valence-corrected chi connectivity index (χ1v) is 10.6. The second-order valence-electron chi connectivity index (χ2n) is 8.22. The maximum Gasteiger partial charge on any atom is 0.261 e. The minimum atomic E-state index is -0.251. The van der Waals surface area contributed by atoms with E-state index in [0.717, 1.165) is 30.9 Å². The number of benzene rings is 2. The van der Waals surface area contributed by atoms with Gasteiger partial charge in [-0.25, -0.2) is 4.98 Å². The predicted molar refractivity (Wildman–Crippen MR) is 121 cm³/mol. The third kappa shape index (κ3) is 4.84. The number of nitrogens with zero attached hydrogens (tertiary/aromatic N) is 3. The van der Waals surface area contributed by atoms with Gasteiger partial charge in [-0.1, -0.05) is 30.3 Å². The van der Waals surface area contributed by atoms with Crippen molar-refractivity contribution in [3.63, 3.8) is 0 Å². The minimum Gasteiger partial charge on any atom is -0.373 e. The van der Waals surface area contributed by atoms with Crippen molar-refractivity contribution in [2.45, 2.75) is 46.1 Å². The van der Waals surface area contributed by atoms with E-state index in [1.165, 1.54) is 4.57 Å². The Hall–Kier alpha value is -3.03. The van der Waals surface area contributed by atoms with Crippen LogP contribution in [-0.4, -0.2) is 45.7 Å². The number of para-hydroxylation sites is 2. The monoisotopic (exact) mass is 420 g/mol. The molecule has 7 heteroatoms. The Morgan fingerprint density at radius 2 is 1.77 bits per heavy atom. The van der Waals surface area contributed by atoms with Gasteiger partial charge in [-0.05, 0) is 44.5 Å². The van der Waals surface area contributed by atoms with Crippen LogP contribution in [0.4, 0.5) is 5.69 Å². The van der Waals surface area contributed by atoms with Gasteiger partial charge in [0.05, 0.1) is 23.1 Å². The van der Waals surface area contributed by atoms with Crippen LogP contribution in [-0.2, 0) is 22.6 Å². The van der Waals surface area contributed by atoms with Gasteiger partial charge in [-0.2, -0.15) is 0 Å². The van der Waals surface area contributed by atoms with Gasteiger partial charge in [-0.3, -0.25) is 19.1 Å². The fraction of sp³-hybridized carbons (Fsp3) is 0.375. The lowest BCUT2D eigenvalue weighted by Gasteiger charge is -2.35. The van der Waals surface area contributed by atoms with Gasteiger partial charge in [0.25, 0.3) is 5.56 Å². The number of aromatic nitrogens is 2. The molecule has 1 fully saturated rings. The summed E-state index contributed by atoms with van der Waals surface area (Å²) in [6.07, 6.45) is 0.363. The van der Waals surface area contributed by atoms with E-state index in [-0.39, 0.29) is 30.2 Å². The van der Waals surface area contributed by atoms with Gasteiger partial charge < -0.3 is 10.1 Å². The number of carbonyl (C=O) groups excluding carboxylic acids is 1. The summed E-state index contributed by atoms with van der Waals surface area (Å²) in [5, 5.41) is 3.50. The van der Waals surface area contributed by atoms with Gasteiger partial charge in [0, 0.05) is 25.3 Å². The van der Waals surface area contributed by atoms with Crippen LogP contribution < -0.4 is 10.9 Å². The normalized spacial score (nSPS) is 19.5. The SMILES string of the molecule is Cc1nc2ccccc2c(=O)n1CC(=O)Nc1ccccc1CN1CC(C)OC(C)C1. The molecule has 7 nitrogen and oxygen atoms in total. The summed E-state index contributed by atoms with van der Waals surface area (Å²) >= 11 is 0. The zero-order valence-corrected chi connectivity index (χ0v) is 18.2. The molecule has 2 aromatic carbocycles. The van der Waals surface area contributed by atoms with E-state index in [4.69, 9.17) is 4.74 Å². The quantitative estimate of drug-likeness (QED) is 0.687. The van der Waals surface area contributed by atoms with Crippen molar-refractivity contribution in [1.29, 1.82) is 0 Å². The van der Waals surface area contributed by atoms with Crippen LogP contribution >= 0.6 is 0 Å². The summed E-state index contributed by atoms with van der Waals surface area (Å²) < 4.78 is 7.24. The molecule has 1 aliphatic heterocycles.